The van der Waals surface area contributed by atoms with Crippen molar-refractivity contribution < 1.29 is 19.1 Å². The standard InChI is InChI=1S/C15H21N3O4/c1-15(11-4-3-5-12(10-11)21-2)13(19)18(14(20)17-15)7-9-22-8-6-16/h3-5,10H,6-9,16H2,1-2H3,(H,17,20). The lowest BCUT2D eigenvalue weighted by atomic mass is 9.92. The van der Waals surface area contributed by atoms with Crippen molar-refractivity contribution in [2.24, 2.45) is 5.73 Å². The fourth-order valence-electron chi connectivity index (χ4n) is 2.37. The molecule has 0 radical (unpaired) electrons. The van der Waals surface area contributed by atoms with Crippen LogP contribution < -0.4 is 15.8 Å². The number of nitrogens with two attached hydrogens (primary N) is 1. The maximum Gasteiger partial charge on any atom is 0.325 e. The van der Waals surface area contributed by atoms with Crippen LogP contribution in [0.5, 0.6) is 5.75 Å². The summed E-state index contributed by atoms with van der Waals surface area (Å²) in [4.78, 5) is 25.9. The molecule has 0 saturated carbocycles. The zero-order valence-corrected chi connectivity index (χ0v) is 12.8. The summed E-state index contributed by atoms with van der Waals surface area (Å²) < 4.78 is 10.4. The minimum Gasteiger partial charge on any atom is -0.497 e. The molecule has 3 amide bonds. The minimum absolute atomic E-state index is 0.199. The third kappa shape index (κ3) is 3.05. The second-order valence-electron chi connectivity index (χ2n) is 5.14. The molecule has 120 valence electrons. The van der Waals surface area contributed by atoms with Gasteiger partial charge in [0.25, 0.3) is 5.91 Å². The van der Waals surface area contributed by atoms with E-state index in [-0.39, 0.29) is 19.1 Å². The van der Waals surface area contributed by atoms with E-state index in [4.69, 9.17) is 15.2 Å². The normalized spacial score (nSPS) is 21.1. The Kier molecular flexibility index (Phi) is 4.99. The van der Waals surface area contributed by atoms with Crippen LogP contribution in [0, 0.1) is 0 Å². The van der Waals surface area contributed by atoms with E-state index < -0.39 is 11.6 Å². The van der Waals surface area contributed by atoms with Gasteiger partial charge < -0.3 is 20.5 Å². The first-order valence-electron chi connectivity index (χ1n) is 7.09. The van der Waals surface area contributed by atoms with Gasteiger partial charge in [0.2, 0.25) is 0 Å². The average Bonchev–Trinajstić information content (AvgIpc) is 2.75. The van der Waals surface area contributed by atoms with E-state index in [1.54, 1.807) is 38.3 Å². The summed E-state index contributed by atoms with van der Waals surface area (Å²) in [6.45, 7) is 2.95. The van der Waals surface area contributed by atoms with Crippen molar-refractivity contribution in [1.29, 1.82) is 0 Å². The van der Waals surface area contributed by atoms with Crippen LogP contribution in [0.4, 0.5) is 4.79 Å². The molecule has 0 aliphatic carbocycles. The number of ether oxygens (including phenoxy) is 2. The monoisotopic (exact) mass is 307 g/mol. The molecule has 1 aromatic rings. The summed E-state index contributed by atoms with van der Waals surface area (Å²) in [5.41, 5.74) is 4.91. The Bertz CT molecular complexity index is 563. The first-order valence-corrected chi connectivity index (χ1v) is 7.09. The van der Waals surface area contributed by atoms with Crippen LogP contribution in [0.15, 0.2) is 24.3 Å². The van der Waals surface area contributed by atoms with Gasteiger partial charge in [-0.2, -0.15) is 0 Å². The minimum atomic E-state index is -1.10. The Morgan fingerprint density at radius 1 is 1.32 bits per heavy atom. The summed E-state index contributed by atoms with van der Waals surface area (Å²) >= 11 is 0. The van der Waals surface area contributed by atoms with Crippen molar-refractivity contribution in [3.8, 4) is 5.75 Å². The fourth-order valence-corrected chi connectivity index (χ4v) is 2.37. The maximum atomic E-state index is 12.6. The lowest BCUT2D eigenvalue weighted by Crippen LogP contribution is -2.41. The number of urea groups is 1. The molecule has 1 aliphatic rings. The molecule has 22 heavy (non-hydrogen) atoms. The van der Waals surface area contributed by atoms with E-state index in [9.17, 15) is 9.59 Å². The van der Waals surface area contributed by atoms with Crippen LogP contribution in [0.3, 0.4) is 0 Å². The predicted octanol–water partition coefficient (Wildman–Crippen LogP) is 0.438. The van der Waals surface area contributed by atoms with Crippen LogP contribution in [-0.2, 0) is 15.1 Å². The Labute approximate surface area is 129 Å². The van der Waals surface area contributed by atoms with Gasteiger partial charge in [-0.1, -0.05) is 12.1 Å². The van der Waals surface area contributed by atoms with E-state index in [1.807, 2.05) is 0 Å². The van der Waals surface area contributed by atoms with Crippen molar-refractivity contribution in [1.82, 2.24) is 10.2 Å². The summed E-state index contributed by atoms with van der Waals surface area (Å²) in [7, 11) is 1.55. The maximum absolute atomic E-state index is 12.6. The van der Waals surface area contributed by atoms with Crippen LogP contribution in [-0.4, -0.2) is 50.3 Å². The van der Waals surface area contributed by atoms with E-state index in [0.29, 0.717) is 24.5 Å². The van der Waals surface area contributed by atoms with Crippen molar-refractivity contribution in [2.75, 3.05) is 33.4 Å². The largest absolute Gasteiger partial charge is 0.497 e. The van der Waals surface area contributed by atoms with Gasteiger partial charge in [-0.3, -0.25) is 9.69 Å². The molecule has 0 aromatic heterocycles. The number of benzene rings is 1. The second-order valence-corrected chi connectivity index (χ2v) is 5.14. The Balaban J connectivity index is 2.14. The summed E-state index contributed by atoms with van der Waals surface area (Å²) in [6, 6.07) is 6.67. The van der Waals surface area contributed by atoms with Gasteiger partial charge in [0.1, 0.15) is 11.3 Å². The van der Waals surface area contributed by atoms with Gasteiger partial charge in [0.05, 0.1) is 26.9 Å². The molecule has 1 aliphatic heterocycles. The molecule has 0 bridgehead atoms. The predicted molar refractivity (Wildman–Crippen MR) is 80.5 cm³/mol. The van der Waals surface area contributed by atoms with E-state index in [2.05, 4.69) is 5.32 Å². The highest BCUT2D eigenvalue weighted by molar-refractivity contribution is 6.07. The van der Waals surface area contributed by atoms with Gasteiger partial charge in [-0.25, -0.2) is 4.79 Å². The quantitative estimate of drug-likeness (QED) is 0.563. The van der Waals surface area contributed by atoms with Crippen molar-refractivity contribution in [3.63, 3.8) is 0 Å². The Morgan fingerprint density at radius 2 is 2.09 bits per heavy atom. The number of methoxy groups -OCH3 is 1. The molecular weight excluding hydrogens is 286 g/mol. The molecule has 1 heterocycles. The average molecular weight is 307 g/mol. The molecule has 1 aromatic carbocycles. The van der Waals surface area contributed by atoms with Crippen molar-refractivity contribution in [3.05, 3.63) is 29.8 Å². The molecule has 7 heteroatoms. The van der Waals surface area contributed by atoms with Crippen molar-refractivity contribution in [2.45, 2.75) is 12.5 Å². The number of rotatable bonds is 7. The highest BCUT2D eigenvalue weighted by atomic mass is 16.5. The second kappa shape index (κ2) is 6.76. The molecule has 1 saturated heterocycles. The van der Waals surface area contributed by atoms with Gasteiger partial charge >= 0.3 is 6.03 Å². The number of amides is 3. The molecule has 7 nitrogen and oxygen atoms in total. The van der Waals surface area contributed by atoms with Crippen LogP contribution in [0.1, 0.15) is 12.5 Å². The van der Waals surface area contributed by atoms with Gasteiger partial charge in [0, 0.05) is 6.54 Å². The Morgan fingerprint density at radius 3 is 2.77 bits per heavy atom. The molecule has 1 fully saturated rings. The van der Waals surface area contributed by atoms with E-state index in [1.165, 1.54) is 0 Å². The van der Waals surface area contributed by atoms with E-state index in [0.717, 1.165) is 4.90 Å². The Hall–Kier alpha value is -2.12. The number of nitrogens with one attached hydrogen (secondary N) is 1. The molecule has 1 unspecified atom stereocenters. The lowest BCUT2D eigenvalue weighted by Gasteiger charge is -2.22. The lowest BCUT2D eigenvalue weighted by molar-refractivity contribution is -0.131. The zero-order chi connectivity index (χ0) is 16.2. The van der Waals surface area contributed by atoms with Crippen LogP contribution in [0.25, 0.3) is 0 Å². The number of imide groups is 1. The van der Waals surface area contributed by atoms with Gasteiger partial charge in [-0.15, -0.1) is 0 Å². The number of hydrogen-bond acceptors (Lipinski definition) is 5. The first kappa shape index (κ1) is 16.3. The van der Waals surface area contributed by atoms with Crippen LogP contribution >= 0.6 is 0 Å². The van der Waals surface area contributed by atoms with Crippen LogP contribution in [0.2, 0.25) is 0 Å². The highest BCUT2D eigenvalue weighted by Gasteiger charge is 2.48. The highest BCUT2D eigenvalue weighted by Crippen LogP contribution is 2.30. The molecular formula is C15H21N3O4. The smallest absolute Gasteiger partial charge is 0.325 e. The van der Waals surface area contributed by atoms with Crippen molar-refractivity contribution >= 4 is 11.9 Å². The zero-order valence-electron chi connectivity index (χ0n) is 12.8. The topological polar surface area (TPSA) is 93.9 Å². The number of carbonyl (C=O) groups excluding carboxylic acids is 2. The molecule has 3 N–H and O–H groups in total. The fraction of sp³-hybridized carbons (Fsp3) is 0.467. The summed E-state index contributed by atoms with van der Waals surface area (Å²) in [6.07, 6.45) is 0. The summed E-state index contributed by atoms with van der Waals surface area (Å²) in [5, 5.41) is 2.74. The van der Waals surface area contributed by atoms with Gasteiger partial charge in [-0.05, 0) is 24.6 Å². The SMILES string of the molecule is COc1cccc(C2(C)NC(=O)N(CCOCCN)C2=O)c1. The molecule has 2 rings (SSSR count). The third-order valence-corrected chi connectivity index (χ3v) is 3.64. The number of nitrogens with zero attached hydrogens (tertiary/aromatic N) is 1. The number of hydrogen-bond donors (Lipinski definition) is 2. The first-order chi connectivity index (χ1) is 10.5. The number of carbonyl (C=O) groups is 2. The molecule has 0 spiro atoms. The van der Waals surface area contributed by atoms with E-state index >= 15 is 0 Å². The molecule has 1 atom stereocenters. The summed E-state index contributed by atoms with van der Waals surface area (Å²) in [5.74, 6) is 0.326. The van der Waals surface area contributed by atoms with Gasteiger partial charge in [0.15, 0.2) is 0 Å². The third-order valence-electron chi connectivity index (χ3n) is 3.64.